The van der Waals surface area contributed by atoms with Crippen LogP contribution in [-0.2, 0) is 9.53 Å². The molecular formula is C21H15NO6. The smallest absolute Gasteiger partial charge is 0.374 e. The summed E-state index contributed by atoms with van der Waals surface area (Å²) >= 11 is 0. The van der Waals surface area contributed by atoms with Crippen molar-refractivity contribution in [2.24, 2.45) is 0 Å². The lowest BCUT2D eigenvalue weighted by molar-refractivity contribution is -0.116. The molecule has 1 aliphatic rings. The second-order valence-electron chi connectivity index (χ2n) is 6.48. The predicted octanol–water partition coefficient (Wildman–Crippen LogP) is 2.89. The maximum absolute atomic E-state index is 12.4. The number of hydrogen-bond acceptors (Lipinski definition) is 6. The zero-order valence-electron chi connectivity index (χ0n) is 14.9. The van der Waals surface area contributed by atoms with Crippen molar-refractivity contribution in [3.63, 3.8) is 0 Å². The number of Topliss-reactive ketones (excluding diaryl/α,β-unsaturated/α-hetero) is 1. The first kappa shape index (κ1) is 17.7. The minimum Gasteiger partial charge on any atom is -0.451 e. The number of ether oxygens (including phenoxy) is 1. The Morgan fingerprint density at radius 2 is 1.89 bits per heavy atom. The van der Waals surface area contributed by atoms with Gasteiger partial charge in [-0.25, -0.2) is 4.79 Å². The fraction of sp³-hybridized carbons (Fsp3) is 0.143. The van der Waals surface area contributed by atoms with E-state index in [1.54, 1.807) is 49.4 Å². The molecule has 1 aromatic heterocycles. The zero-order chi connectivity index (χ0) is 19.8. The highest BCUT2D eigenvalue weighted by Gasteiger charge is 2.27. The number of esters is 1. The molecule has 0 saturated heterocycles. The van der Waals surface area contributed by atoms with Crippen molar-refractivity contribution in [3.05, 3.63) is 75.6 Å². The molecule has 140 valence electrons. The monoisotopic (exact) mass is 377 g/mol. The average molecular weight is 377 g/mol. The molecule has 7 heteroatoms. The van der Waals surface area contributed by atoms with E-state index in [0.29, 0.717) is 16.6 Å². The van der Waals surface area contributed by atoms with Crippen LogP contribution in [0, 0.1) is 0 Å². The van der Waals surface area contributed by atoms with Crippen molar-refractivity contribution in [1.82, 2.24) is 0 Å². The van der Waals surface area contributed by atoms with Crippen LogP contribution in [0.15, 0.2) is 57.7 Å². The Hall–Kier alpha value is -3.74. The van der Waals surface area contributed by atoms with E-state index < -0.39 is 18.4 Å². The van der Waals surface area contributed by atoms with Gasteiger partial charge in [-0.3, -0.25) is 14.4 Å². The van der Waals surface area contributed by atoms with E-state index in [1.807, 2.05) is 0 Å². The Kier molecular flexibility index (Phi) is 4.27. The molecule has 3 aromatic rings. The third-order valence-electron chi connectivity index (χ3n) is 4.66. The van der Waals surface area contributed by atoms with Gasteiger partial charge in [-0.05, 0) is 42.8 Å². The molecule has 0 radical (unpaired) electrons. The van der Waals surface area contributed by atoms with Crippen LogP contribution in [0.3, 0.4) is 0 Å². The molecule has 7 nitrogen and oxygen atoms in total. The summed E-state index contributed by atoms with van der Waals surface area (Å²) in [6.45, 7) is 1.24. The summed E-state index contributed by atoms with van der Waals surface area (Å²) in [5.41, 5.74) is 1.62. The van der Waals surface area contributed by atoms with Crippen molar-refractivity contribution >= 4 is 34.3 Å². The number of hydrogen-bond donors (Lipinski definition) is 1. The van der Waals surface area contributed by atoms with Gasteiger partial charge in [0.15, 0.2) is 17.8 Å². The van der Waals surface area contributed by atoms with Crippen LogP contribution in [0.2, 0.25) is 0 Å². The molecule has 1 N–H and O–H groups in total. The number of carbonyl (C=O) groups excluding carboxylic acids is 3. The molecule has 1 atom stereocenters. The van der Waals surface area contributed by atoms with Gasteiger partial charge in [-0.2, -0.15) is 0 Å². The fourth-order valence-corrected chi connectivity index (χ4v) is 3.08. The van der Waals surface area contributed by atoms with Crippen molar-refractivity contribution in [3.8, 4) is 0 Å². The topological polar surface area (TPSA) is 103 Å². The second-order valence-corrected chi connectivity index (χ2v) is 6.48. The number of amides is 1. The predicted molar refractivity (Wildman–Crippen MR) is 101 cm³/mol. The molecular weight excluding hydrogens is 362 g/mol. The third-order valence-corrected chi connectivity index (χ3v) is 4.66. The first-order valence-electron chi connectivity index (χ1n) is 8.62. The number of ketones is 1. The Labute approximate surface area is 158 Å². The summed E-state index contributed by atoms with van der Waals surface area (Å²) in [6.07, 6.45) is 0. The summed E-state index contributed by atoms with van der Waals surface area (Å²) in [6, 6.07) is 12.4. The average Bonchev–Trinajstić information content (AvgIpc) is 2.99. The van der Waals surface area contributed by atoms with Crippen LogP contribution in [-0.4, -0.2) is 24.3 Å². The number of carbonyl (C=O) groups is 3. The van der Waals surface area contributed by atoms with Crippen LogP contribution in [0.25, 0.3) is 11.0 Å². The van der Waals surface area contributed by atoms with Gasteiger partial charge in [0.2, 0.25) is 11.7 Å². The second kappa shape index (κ2) is 6.77. The number of rotatable bonds is 4. The molecule has 0 aliphatic carbocycles. The van der Waals surface area contributed by atoms with E-state index >= 15 is 0 Å². The zero-order valence-corrected chi connectivity index (χ0v) is 14.9. The summed E-state index contributed by atoms with van der Waals surface area (Å²) in [7, 11) is 0. The Balaban J connectivity index is 1.49. The lowest BCUT2D eigenvalue weighted by Crippen LogP contribution is -2.16. The normalized spacial score (nSPS) is 15.2. The number of nitrogens with one attached hydrogen (secondary N) is 1. The standard InChI is InChI=1S/C21H15NO6/c1-11-14-8-12(6-7-15(14)22-20(11)25)17(24)10-27-21(26)19-9-16(23)13-4-2-3-5-18(13)28-19/h2-9,11H,10H2,1H3,(H,22,25)/t11-/m1/s1. The molecule has 2 aromatic carbocycles. The largest absolute Gasteiger partial charge is 0.451 e. The molecule has 0 unspecified atom stereocenters. The molecule has 2 heterocycles. The van der Waals surface area contributed by atoms with Crippen LogP contribution in [0.5, 0.6) is 0 Å². The van der Waals surface area contributed by atoms with Gasteiger partial charge in [-0.1, -0.05) is 12.1 Å². The molecule has 1 amide bonds. The van der Waals surface area contributed by atoms with Gasteiger partial charge in [0.05, 0.1) is 11.3 Å². The fourth-order valence-electron chi connectivity index (χ4n) is 3.08. The minimum atomic E-state index is -0.900. The van der Waals surface area contributed by atoms with E-state index in [9.17, 15) is 19.2 Å². The van der Waals surface area contributed by atoms with Gasteiger partial charge in [0, 0.05) is 17.3 Å². The van der Waals surface area contributed by atoms with Gasteiger partial charge >= 0.3 is 5.97 Å². The molecule has 1 aliphatic heterocycles. The first-order chi connectivity index (χ1) is 13.4. The van der Waals surface area contributed by atoms with Crippen LogP contribution in [0.4, 0.5) is 5.69 Å². The van der Waals surface area contributed by atoms with Crippen LogP contribution in [0.1, 0.15) is 39.3 Å². The lowest BCUT2D eigenvalue weighted by atomic mass is 9.99. The molecule has 0 bridgehead atoms. The highest BCUT2D eigenvalue weighted by molar-refractivity contribution is 6.05. The number of anilines is 1. The van der Waals surface area contributed by atoms with Gasteiger partial charge in [0.1, 0.15) is 5.58 Å². The molecule has 0 saturated carbocycles. The van der Waals surface area contributed by atoms with Crippen molar-refractivity contribution in [2.45, 2.75) is 12.8 Å². The quantitative estimate of drug-likeness (QED) is 0.554. The van der Waals surface area contributed by atoms with E-state index in [-0.39, 0.29) is 28.6 Å². The van der Waals surface area contributed by atoms with E-state index in [2.05, 4.69) is 5.32 Å². The summed E-state index contributed by atoms with van der Waals surface area (Å²) in [5, 5.41) is 3.08. The van der Waals surface area contributed by atoms with E-state index in [1.165, 1.54) is 0 Å². The maximum atomic E-state index is 12.4. The molecule has 28 heavy (non-hydrogen) atoms. The maximum Gasteiger partial charge on any atom is 0.374 e. The van der Waals surface area contributed by atoms with Gasteiger partial charge in [0.25, 0.3) is 0 Å². The molecule has 0 spiro atoms. The van der Waals surface area contributed by atoms with Gasteiger partial charge < -0.3 is 14.5 Å². The van der Waals surface area contributed by atoms with Crippen molar-refractivity contribution < 1.29 is 23.5 Å². The SMILES string of the molecule is C[C@H]1C(=O)Nc2ccc(C(=O)COC(=O)c3cc(=O)c4ccccc4o3)cc21. The number of para-hydroxylation sites is 1. The number of benzene rings is 2. The molecule has 4 rings (SSSR count). The highest BCUT2D eigenvalue weighted by Crippen LogP contribution is 2.32. The summed E-state index contributed by atoms with van der Waals surface area (Å²) in [5.74, 6) is -2.07. The van der Waals surface area contributed by atoms with Crippen molar-refractivity contribution in [2.75, 3.05) is 11.9 Å². The van der Waals surface area contributed by atoms with E-state index in [4.69, 9.17) is 9.15 Å². The Bertz CT molecular complexity index is 1190. The minimum absolute atomic E-state index is 0.127. The van der Waals surface area contributed by atoms with Crippen molar-refractivity contribution in [1.29, 1.82) is 0 Å². The van der Waals surface area contributed by atoms with Crippen LogP contribution < -0.4 is 10.7 Å². The first-order valence-corrected chi connectivity index (χ1v) is 8.62. The number of fused-ring (bicyclic) bond motifs is 2. The third kappa shape index (κ3) is 3.07. The van der Waals surface area contributed by atoms with E-state index in [0.717, 1.165) is 11.6 Å². The summed E-state index contributed by atoms with van der Waals surface area (Å²) in [4.78, 5) is 48.3. The van der Waals surface area contributed by atoms with Gasteiger partial charge in [-0.15, -0.1) is 0 Å². The molecule has 0 fully saturated rings. The Morgan fingerprint density at radius 3 is 2.71 bits per heavy atom. The van der Waals surface area contributed by atoms with Crippen LogP contribution >= 0.6 is 0 Å². The highest BCUT2D eigenvalue weighted by atomic mass is 16.5. The summed E-state index contributed by atoms with van der Waals surface area (Å²) < 4.78 is 10.4. The Morgan fingerprint density at radius 1 is 1.11 bits per heavy atom. The lowest BCUT2D eigenvalue weighted by Gasteiger charge is -2.07.